The topological polar surface area (TPSA) is 66.7 Å². The van der Waals surface area contributed by atoms with Gasteiger partial charge in [0.2, 0.25) is 5.95 Å². The van der Waals surface area contributed by atoms with Crippen molar-refractivity contribution in [3.8, 4) is 0 Å². The first kappa shape index (κ1) is 11.6. The number of fused-ring (bicyclic) bond motifs is 1. The van der Waals surface area contributed by atoms with Crippen molar-refractivity contribution in [2.24, 2.45) is 0 Å². The fourth-order valence-electron chi connectivity index (χ4n) is 2.10. The second-order valence-corrected chi connectivity index (χ2v) is 4.73. The average molecular weight is 252 g/mol. The molecule has 0 aliphatic heterocycles. The highest BCUT2D eigenvalue weighted by atomic mass is 15.1. The molecular weight excluding hydrogens is 236 g/mol. The summed E-state index contributed by atoms with van der Waals surface area (Å²) in [5, 5.41) is 3.31. The summed E-state index contributed by atoms with van der Waals surface area (Å²) in [5.41, 5.74) is 11.9. The predicted octanol–water partition coefficient (Wildman–Crippen LogP) is 3.51. The Morgan fingerprint density at radius 2 is 2.00 bits per heavy atom. The molecule has 3 aromatic rings. The van der Waals surface area contributed by atoms with Gasteiger partial charge in [0.1, 0.15) is 0 Å². The van der Waals surface area contributed by atoms with Crippen molar-refractivity contribution >= 4 is 28.4 Å². The van der Waals surface area contributed by atoms with Crippen LogP contribution in [0.2, 0.25) is 0 Å². The van der Waals surface area contributed by atoms with E-state index in [1.807, 2.05) is 30.3 Å². The van der Waals surface area contributed by atoms with Gasteiger partial charge in [-0.1, -0.05) is 12.1 Å². The number of hydrogen-bond acceptors (Lipinski definition) is 3. The number of imidazole rings is 1. The summed E-state index contributed by atoms with van der Waals surface area (Å²) in [5.74, 6) is 0.731. The lowest BCUT2D eigenvalue weighted by Gasteiger charge is -2.08. The van der Waals surface area contributed by atoms with Gasteiger partial charge in [-0.3, -0.25) is 0 Å². The molecule has 0 bridgehead atoms. The van der Waals surface area contributed by atoms with E-state index >= 15 is 0 Å². The number of nitrogens with two attached hydrogens (primary N) is 1. The third-order valence-corrected chi connectivity index (χ3v) is 3.36. The zero-order valence-corrected chi connectivity index (χ0v) is 11.0. The maximum absolute atomic E-state index is 5.76. The molecule has 96 valence electrons. The van der Waals surface area contributed by atoms with Crippen molar-refractivity contribution < 1.29 is 0 Å². The highest BCUT2D eigenvalue weighted by Crippen LogP contribution is 2.23. The normalized spacial score (nSPS) is 10.8. The molecule has 1 aromatic heterocycles. The Bertz CT molecular complexity index is 743. The number of aromatic amines is 1. The molecule has 0 radical (unpaired) electrons. The van der Waals surface area contributed by atoms with Crippen LogP contribution in [0.15, 0.2) is 36.4 Å². The fourth-order valence-corrected chi connectivity index (χ4v) is 2.10. The molecule has 2 aromatic carbocycles. The van der Waals surface area contributed by atoms with E-state index in [1.54, 1.807) is 0 Å². The maximum atomic E-state index is 5.76. The van der Waals surface area contributed by atoms with Crippen LogP contribution in [0.4, 0.5) is 17.3 Å². The van der Waals surface area contributed by atoms with Crippen LogP contribution in [0.1, 0.15) is 11.1 Å². The van der Waals surface area contributed by atoms with Crippen molar-refractivity contribution in [2.75, 3.05) is 11.1 Å². The number of nitrogens with zero attached hydrogens (tertiary/aromatic N) is 1. The Balaban J connectivity index is 1.99. The summed E-state index contributed by atoms with van der Waals surface area (Å²) in [6.45, 7) is 4.19. The molecule has 0 aliphatic carbocycles. The summed E-state index contributed by atoms with van der Waals surface area (Å²) < 4.78 is 0. The highest BCUT2D eigenvalue weighted by Gasteiger charge is 2.05. The van der Waals surface area contributed by atoms with Crippen molar-refractivity contribution in [3.05, 3.63) is 47.5 Å². The number of nitrogens with one attached hydrogen (secondary N) is 2. The first-order valence-corrected chi connectivity index (χ1v) is 6.22. The number of rotatable bonds is 2. The van der Waals surface area contributed by atoms with Gasteiger partial charge in [0.25, 0.3) is 0 Å². The van der Waals surface area contributed by atoms with E-state index in [1.165, 1.54) is 11.1 Å². The van der Waals surface area contributed by atoms with Crippen LogP contribution in [0.5, 0.6) is 0 Å². The maximum Gasteiger partial charge on any atom is 0.205 e. The number of H-pyrrole nitrogens is 1. The SMILES string of the molecule is Cc1cccc(Nc2nc3ccc(N)cc3[nH]2)c1C. The number of anilines is 3. The van der Waals surface area contributed by atoms with E-state index in [-0.39, 0.29) is 0 Å². The van der Waals surface area contributed by atoms with Crippen molar-refractivity contribution in [2.45, 2.75) is 13.8 Å². The molecule has 3 rings (SSSR count). The summed E-state index contributed by atoms with van der Waals surface area (Å²) in [6.07, 6.45) is 0. The summed E-state index contributed by atoms with van der Waals surface area (Å²) >= 11 is 0. The molecule has 0 unspecified atom stereocenters. The zero-order valence-electron chi connectivity index (χ0n) is 11.0. The molecule has 4 heteroatoms. The lowest BCUT2D eigenvalue weighted by Crippen LogP contribution is -1.96. The average Bonchev–Trinajstić information content (AvgIpc) is 2.76. The van der Waals surface area contributed by atoms with E-state index in [4.69, 9.17) is 5.73 Å². The second kappa shape index (κ2) is 4.31. The largest absolute Gasteiger partial charge is 0.399 e. The van der Waals surface area contributed by atoms with Crippen molar-refractivity contribution in [1.82, 2.24) is 9.97 Å². The predicted molar refractivity (Wildman–Crippen MR) is 79.7 cm³/mol. The summed E-state index contributed by atoms with van der Waals surface area (Å²) in [4.78, 5) is 7.73. The van der Waals surface area contributed by atoms with Gasteiger partial charge in [0.05, 0.1) is 11.0 Å². The molecule has 0 saturated carbocycles. The molecule has 0 fully saturated rings. The number of nitrogen functional groups attached to an aromatic ring is 1. The first-order chi connectivity index (χ1) is 9.13. The molecule has 0 amide bonds. The van der Waals surface area contributed by atoms with Crippen LogP contribution in [0.3, 0.4) is 0 Å². The van der Waals surface area contributed by atoms with Gasteiger partial charge in [-0.2, -0.15) is 0 Å². The van der Waals surface area contributed by atoms with Crippen LogP contribution in [-0.2, 0) is 0 Å². The Hall–Kier alpha value is -2.49. The quantitative estimate of drug-likeness (QED) is 0.611. The number of hydrogen-bond donors (Lipinski definition) is 3. The third kappa shape index (κ3) is 2.12. The van der Waals surface area contributed by atoms with Crippen molar-refractivity contribution in [3.63, 3.8) is 0 Å². The van der Waals surface area contributed by atoms with Crippen LogP contribution in [0.25, 0.3) is 11.0 Å². The van der Waals surface area contributed by atoms with E-state index in [0.717, 1.165) is 28.4 Å². The minimum atomic E-state index is 0.731. The Labute approximate surface area is 111 Å². The zero-order chi connectivity index (χ0) is 13.4. The standard InChI is InChI=1S/C15H16N4/c1-9-4-3-5-12(10(9)2)17-15-18-13-7-6-11(16)8-14(13)19-15/h3-8H,16H2,1-2H3,(H2,17,18,19). The van der Waals surface area contributed by atoms with Crippen LogP contribution < -0.4 is 11.1 Å². The van der Waals surface area contributed by atoms with Gasteiger partial charge < -0.3 is 16.0 Å². The van der Waals surface area contributed by atoms with Crippen LogP contribution >= 0.6 is 0 Å². The Kier molecular flexibility index (Phi) is 2.63. The molecule has 0 spiro atoms. The van der Waals surface area contributed by atoms with E-state index in [9.17, 15) is 0 Å². The lowest BCUT2D eigenvalue weighted by molar-refractivity contribution is 1.27. The van der Waals surface area contributed by atoms with Gasteiger partial charge >= 0.3 is 0 Å². The Morgan fingerprint density at radius 1 is 1.16 bits per heavy atom. The lowest BCUT2D eigenvalue weighted by atomic mass is 10.1. The minimum Gasteiger partial charge on any atom is -0.399 e. The van der Waals surface area contributed by atoms with Gasteiger partial charge in [0.15, 0.2) is 0 Å². The van der Waals surface area contributed by atoms with E-state index in [0.29, 0.717) is 0 Å². The smallest absolute Gasteiger partial charge is 0.205 e. The van der Waals surface area contributed by atoms with Crippen LogP contribution in [0, 0.1) is 13.8 Å². The molecule has 4 N–H and O–H groups in total. The summed E-state index contributed by atoms with van der Waals surface area (Å²) in [7, 11) is 0. The monoisotopic (exact) mass is 252 g/mol. The molecule has 0 saturated heterocycles. The van der Waals surface area contributed by atoms with E-state index < -0.39 is 0 Å². The molecule has 19 heavy (non-hydrogen) atoms. The first-order valence-electron chi connectivity index (χ1n) is 6.22. The number of benzene rings is 2. The second-order valence-electron chi connectivity index (χ2n) is 4.73. The van der Waals surface area contributed by atoms with Crippen molar-refractivity contribution in [1.29, 1.82) is 0 Å². The molecule has 4 nitrogen and oxygen atoms in total. The Morgan fingerprint density at radius 3 is 2.84 bits per heavy atom. The molecule has 0 atom stereocenters. The summed E-state index contributed by atoms with van der Waals surface area (Å²) in [6, 6.07) is 11.8. The van der Waals surface area contributed by atoms with Gasteiger partial charge in [0, 0.05) is 11.4 Å². The number of aromatic nitrogens is 2. The number of aryl methyl sites for hydroxylation is 1. The molecule has 1 heterocycles. The highest BCUT2D eigenvalue weighted by molar-refractivity contribution is 5.81. The van der Waals surface area contributed by atoms with E-state index in [2.05, 4.69) is 35.2 Å². The van der Waals surface area contributed by atoms with Gasteiger partial charge in [-0.25, -0.2) is 4.98 Å². The van der Waals surface area contributed by atoms with Gasteiger partial charge in [-0.15, -0.1) is 0 Å². The minimum absolute atomic E-state index is 0.731. The third-order valence-electron chi connectivity index (χ3n) is 3.36. The van der Waals surface area contributed by atoms with Gasteiger partial charge in [-0.05, 0) is 49.2 Å². The fraction of sp³-hybridized carbons (Fsp3) is 0.133. The van der Waals surface area contributed by atoms with Crippen LogP contribution in [-0.4, -0.2) is 9.97 Å². The molecule has 0 aliphatic rings. The molecular formula is C15H16N4.